The second kappa shape index (κ2) is 7.22. The van der Waals surface area contributed by atoms with E-state index in [0.717, 1.165) is 29.5 Å². The van der Waals surface area contributed by atoms with Crippen molar-refractivity contribution in [2.45, 2.75) is 19.3 Å². The summed E-state index contributed by atoms with van der Waals surface area (Å²) in [5, 5.41) is 0. The molecule has 0 saturated carbocycles. The SMILES string of the molecule is COc1c(-c2ccc3c(c2)CCC3)cc(-n2ccc(=O)[nH]c2=O)cc1-c1ccco1. The minimum absolute atomic E-state index is 0.435. The maximum Gasteiger partial charge on any atom is 0.332 e. The van der Waals surface area contributed by atoms with E-state index in [1.807, 2.05) is 24.3 Å². The van der Waals surface area contributed by atoms with Gasteiger partial charge in [0, 0.05) is 17.8 Å². The normalized spacial score (nSPS) is 12.7. The van der Waals surface area contributed by atoms with Crippen LogP contribution in [0.15, 0.2) is 75.0 Å². The van der Waals surface area contributed by atoms with Gasteiger partial charge < -0.3 is 9.15 Å². The average molecular weight is 400 g/mol. The number of aromatic amines is 1. The molecule has 30 heavy (non-hydrogen) atoms. The van der Waals surface area contributed by atoms with Crippen LogP contribution in [0.25, 0.3) is 28.1 Å². The van der Waals surface area contributed by atoms with Gasteiger partial charge in [0.2, 0.25) is 0 Å². The highest BCUT2D eigenvalue weighted by Gasteiger charge is 2.20. The van der Waals surface area contributed by atoms with Crippen LogP contribution in [-0.4, -0.2) is 16.7 Å². The van der Waals surface area contributed by atoms with Gasteiger partial charge in [0.15, 0.2) is 0 Å². The fourth-order valence-electron chi connectivity index (χ4n) is 4.16. The second-order valence-corrected chi connectivity index (χ2v) is 7.37. The number of hydrogen-bond acceptors (Lipinski definition) is 4. The van der Waals surface area contributed by atoms with Crippen LogP contribution >= 0.6 is 0 Å². The van der Waals surface area contributed by atoms with Gasteiger partial charge in [-0.3, -0.25) is 14.3 Å². The minimum Gasteiger partial charge on any atom is -0.495 e. The topological polar surface area (TPSA) is 77.2 Å². The molecule has 2 heterocycles. The monoisotopic (exact) mass is 400 g/mol. The van der Waals surface area contributed by atoms with Gasteiger partial charge in [0.25, 0.3) is 5.56 Å². The standard InChI is InChI=1S/C24H20N2O4/c1-29-23-19(17-8-7-15-4-2-5-16(15)12-17)13-18(14-20(23)21-6-3-11-30-21)26-10-9-22(27)25-24(26)28/h3,6-14H,2,4-5H2,1H3,(H,25,27,28). The van der Waals surface area contributed by atoms with Crippen molar-refractivity contribution in [2.24, 2.45) is 0 Å². The summed E-state index contributed by atoms with van der Waals surface area (Å²) < 4.78 is 12.9. The molecule has 0 fully saturated rings. The van der Waals surface area contributed by atoms with Gasteiger partial charge in [-0.05, 0) is 60.2 Å². The summed E-state index contributed by atoms with van der Waals surface area (Å²) in [7, 11) is 1.63. The number of methoxy groups -OCH3 is 1. The summed E-state index contributed by atoms with van der Waals surface area (Å²) >= 11 is 0. The Balaban J connectivity index is 1.79. The van der Waals surface area contributed by atoms with Crippen LogP contribution in [0.3, 0.4) is 0 Å². The number of nitrogens with one attached hydrogen (secondary N) is 1. The molecule has 0 saturated heterocycles. The molecule has 1 aliphatic carbocycles. The first-order valence-electron chi connectivity index (χ1n) is 9.84. The van der Waals surface area contributed by atoms with Gasteiger partial charge in [-0.2, -0.15) is 0 Å². The molecule has 0 aliphatic heterocycles. The number of hydrogen-bond donors (Lipinski definition) is 1. The molecule has 0 atom stereocenters. The minimum atomic E-state index is -0.502. The third kappa shape index (κ3) is 3.06. The van der Waals surface area contributed by atoms with Crippen LogP contribution in [0.1, 0.15) is 17.5 Å². The van der Waals surface area contributed by atoms with Crippen LogP contribution in [-0.2, 0) is 12.8 Å². The molecule has 1 aliphatic rings. The van der Waals surface area contributed by atoms with Gasteiger partial charge in [-0.15, -0.1) is 0 Å². The number of nitrogens with zero attached hydrogens (tertiary/aromatic N) is 1. The first-order valence-corrected chi connectivity index (χ1v) is 9.84. The highest BCUT2D eigenvalue weighted by atomic mass is 16.5. The third-order valence-corrected chi connectivity index (χ3v) is 5.58. The molecule has 2 aromatic heterocycles. The molecule has 0 radical (unpaired) electrons. The van der Waals surface area contributed by atoms with Gasteiger partial charge >= 0.3 is 5.69 Å². The molecule has 6 nitrogen and oxygen atoms in total. The fraction of sp³-hybridized carbons (Fsp3) is 0.167. The fourth-order valence-corrected chi connectivity index (χ4v) is 4.16. The number of aromatic nitrogens is 2. The summed E-state index contributed by atoms with van der Waals surface area (Å²) in [5.41, 5.74) is 5.01. The summed E-state index contributed by atoms with van der Waals surface area (Å²) in [5.74, 6) is 1.30. The molecule has 1 N–H and O–H groups in total. The van der Waals surface area contributed by atoms with Crippen molar-refractivity contribution in [2.75, 3.05) is 7.11 Å². The van der Waals surface area contributed by atoms with Crippen molar-refractivity contribution < 1.29 is 9.15 Å². The van der Waals surface area contributed by atoms with E-state index in [0.29, 0.717) is 17.2 Å². The van der Waals surface area contributed by atoms with E-state index < -0.39 is 11.2 Å². The zero-order valence-electron chi connectivity index (χ0n) is 16.5. The molecule has 4 aromatic rings. The average Bonchev–Trinajstić information content (AvgIpc) is 3.44. The van der Waals surface area contributed by atoms with E-state index in [4.69, 9.17) is 9.15 Å². The number of furan rings is 1. The van der Waals surface area contributed by atoms with Gasteiger partial charge in [0.05, 0.1) is 24.6 Å². The quantitative estimate of drug-likeness (QED) is 0.563. The van der Waals surface area contributed by atoms with Crippen molar-refractivity contribution >= 4 is 0 Å². The summed E-state index contributed by atoms with van der Waals surface area (Å²) in [4.78, 5) is 26.3. The van der Waals surface area contributed by atoms with E-state index in [9.17, 15) is 9.59 Å². The molecular weight excluding hydrogens is 380 g/mol. The number of aryl methyl sites for hydroxylation is 2. The van der Waals surface area contributed by atoms with Crippen molar-refractivity contribution in [3.05, 3.63) is 93.0 Å². The number of fused-ring (bicyclic) bond motifs is 1. The highest BCUT2D eigenvalue weighted by molar-refractivity contribution is 5.83. The summed E-state index contributed by atoms with van der Waals surface area (Å²) in [6.45, 7) is 0. The number of rotatable bonds is 4. The smallest absolute Gasteiger partial charge is 0.332 e. The maximum atomic E-state index is 12.4. The Morgan fingerprint density at radius 1 is 1.00 bits per heavy atom. The van der Waals surface area contributed by atoms with Crippen molar-refractivity contribution in [3.63, 3.8) is 0 Å². The Hall–Kier alpha value is -3.80. The van der Waals surface area contributed by atoms with Gasteiger partial charge in [-0.25, -0.2) is 4.79 Å². The van der Waals surface area contributed by atoms with Gasteiger partial charge in [0.1, 0.15) is 11.5 Å². The number of ether oxygens (including phenoxy) is 1. The van der Waals surface area contributed by atoms with Crippen LogP contribution in [0.5, 0.6) is 5.75 Å². The van der Waals surface area contributed by atoms with Gasteiger partial charge in [-0.1, -0.05) is 18.2 Å². The lowest BCUT2D eigenvalue weighted by Crippen LogP contribution is -2.27. The Labute approximate surface area is 172 Å². The zero-order chi connectivity index (χ0) is 20.7. The molecule has 0 unspecified atom stereocenters. The molecule has 0 bridgehead atoms. The molecule has 5 rings (SSSR count). The highest BCUT2D eigenvalue weighted by Crippen LogP contribution is 2.42. The maximum absolute atomic E-state index is 12.4. The number of H-pyrrole nitrogens is 1. The Bertz CT molecular complexity index is 1350. The molecular formula is C24H20N2O4. The van der Waals surface area contributed by atoms with Crippen LogP contribution in [0, 0.1) is 0 Å². The molecule has 150 valence electrons. The predicted octanol–water partition coefficient (Wildman–Crippen LogP) is 3.95. The van der Waals surface area contributed by atoms with Crippen molar-refractivity contribution in [1.82, 2.24) is 9.55 Å². The van der Waals surface area contributed by atoms with Crippen LogP contribution in [0.4, 0.5) is 0 Å². The van der Waals surface area contributed by atoms with Crippen LogP contribution in [0.2, 0.25) is 0 Å². The summed E-state index contributed by atoms with van der Waals surface area (Å²) in [6, 6.07) is 15.2. The van der Waals surface area contributed by atoms with E-state index in [1.54, 1.807) is 13.4 Å². The molecule has 2 aromatic carbocycles. The Morgan fingerprint density at radius 3 is 2.60 bits per heavy atom. The largest absolute Gasteiger partial charge is 0.495 e. The lowest BCUT2D eigenvalue weighted by Gasteiger charge is -2.17. The van der Waals surface area contributed by atoms with E-state index in [1.165, 1.54) is 34.4 Å². The first-order chi connectivity index (χ1) is 14.6. The van der Waals surface area contributed by atoms with E-state index in [-0.39, 0.29) is 0 Å². The Kier molecular flexibility index (Phi) is 4.39. The zero-order valence-corrected chi connectivity index (χ0v) is 16.5. The first kappa shape index (κ1) is 18.2. The molecule has 6 heteroatoms. The lowest BCUT2D eigenvalue weighted by molar-refractivity contribution is 0.416. The molecule has 0 amide bonds. The van der Waals surface area contributed by atoms with E-state index >= 15 is 0 Å². The van der Waals surface area contributed by atoms with Crippen molar-refractivity contribution in [3.8, 4) is 33.9 Å². The molecule has 0 spiro atoms. The van der Waals surface area contributed by atoms with Crippen molar-refractivity contribution in [1.29, 1.82) is 0 Å². The number of benzene rings is 2. The van der Waals surface area contributed by atoms with E-state index in [2.05, 4.69) is 23.2 Å². The third-order valence-electron chi connectivity index (χ3n) is 5.58. The lowest BCUT2D eigenvalue weighted by atomic mass is 9.96. The second-order valence-electron chi connectivity index (χ2n) is 7.37. The summed E-state index contributed by atoms with van der Waals surface area (Å²) in [6.07, 6.45) is 6.41. The van der Waals surface area contributed by atoms with Crippen LogP contribution < -0.4 is 16.0 Å². The predicted molar refractivity (Wildman–Crippen MR) is 114 cm³/mol. The Morgan fingerprint density at radius 2 is 1.83 bits per heavy atom.